The minimum Gasteiger partial charge on any atom is -0.497 e. The van der Waals surface area contributed by atoms with Gasteiger partial charge in [0.2, 0.25) is 5.91 Å². The molecule has 35 heavy (non-hydrogen) atoms. The van der Waals surface area contributed by atoms with Crippen molar-refractivity contribution in [3.63, 3.8) is 0 Å². The first kappa shape index (κ1) is 24.4. The van der Waals surface area contributed by atoms with Gasteiger partial charge in [0, 0.05) is 16.4 Å². The fourth-order valence-corrected chi connectivity index (χ4v) is 5.24. The predicted molar refractivity (Wildman–Crippen MR) is 139 cm³/mol. The number of rotatable bonds is 6. The number of hydrogen-bond acceptors (Lipinski definition) is 5. The van der Waals surface area contributed by atoms with Crippen molar-refractivity contribution < 1.29 is 14.3 Å². The summed E-state index contributed by atoms with van der Waals surface area (Å²) >= 11 is 7.53. The zero-order chi connectivity index (χ0) is 24.9. The van der Waals surface area contributed by atoms with Crippen molar-refractivity contribution >= 4 is 46.6 Å². The van der Waals surface area contributed by atoms with Gasteiger partial charge in [0.25, 0.3) is 5.91 Å². The lowest BCUT2D eigenvalue weighted by Gasteiger charge is -2.19. The quantitative estimate of drug-likeness (QED) is 0.343. The zero-order valence-corrected chi connectivity index (χ0v) is 20.7. The molecule has 0 saturated carbocycles. The van der Waals surface area contributed by atoms with Crippen molar-refractivity contribution in [1.82, 2.24) is 0 Å². The van der Waals surface area contributed by atoms with Crippen LogP contribution in [0.1, 0.15) is 11.1 Å². The Labute approximate surface area is 213 Å². The van der Waals surface area contributed by atoms with Crippen LogP contribution in [0.15, 0.2) is 83.4 Å². The third-order valence-electron chi connectivity index (χ3n) is 5.48. The van der Waals surface area contributed by atoms with E-state index in [0.717, 1.165) is 11.1 Å². The molecule has 0 aromatic heterocycles. The largest absolute Gasteiger partial charge is 0.497 e. The molecule has 1 aliphatic rings. The Morgan fingerprint density at radius 2 is 1.89 bits per heavy atom. The molecule has 1 fully saturated rings. The second kappa shape index (κ2) is 10.7. The highest BCUT2D eigenvalue weighted by Crippen LogP contribution is 2.42. The van der Waals surface area contributed by atoms with Gasteiger partial charge in [0.05, 0.1) is 12.4 Å². The summed E-state index contributed by atoms with van der Waals surface area (Å²) in [4.78, 5) is 28.2. The molecule has 1 N–H and O–H groups in total. The molecule has 0 spiro atoms. The Bertz CT molecular complexity index is 1350. The van der Waals surface area contributed by atoms with Crippen molar-refractivity contribution in [2.24, 2.45) is 0 Å². The normalized spacial score (nSPS) is 16.6. The molecule has 1 saturated heterocycles. The van der Waals surface area contributed by atoms with E-state index in [1.807, 2.05) is 49.4 Å². The van der Waals surface area contributed by atoms with E-state index in [1.165, 1.54) is 16.7 Å². The smallest absolute Gasteiger partial charge is 0.269 e. The molecule has 2 amide bonds. The van der Waals surface area contributed by atoms with Crippen LogP contribution in [0.2, 0.25) is 5.02 Å². The second-order valence-electron chi connectivity index (χ2n) is 7.89. The molecule has 1 heterocycles. The van der Waals surface area contributed by atoms with Gasteiger partial charge in [-0.3, -0.25) is 14.5 Å². The van der Waals surface area contributed by atoms with Crippen LogP contribution in [0, 0.1) is 18.3 Å². The number of anilines is 2. The van der Waals surface area contributed by atoms with E-state index < -0.39 is 11.2 Å². The van der Waals surface area contributed by atoms with Gasteiger partial charge in [0.1, 0.15) is 22.4 Å². The summed E-state index contributed by atoms with van der Waals surface area (Å²) in [6, 6.07) is 23.5. The number of hydrogen-bond donors (Lipinski definition) is 1. The number of aryl methyl sites for hydroxylation is 1. The standard InChI is InChI=1S/C27H22ClN3O3S/c1-17-6-5-8-19(14-17)30-25(32)22(16-29)27-31(20-10-12-21(34-2)13-11-20)26(33)24(35-27)15-18-7-3-4-9-23(18)28/h3-14,24H,15H2,1-2H3,(H,30,32)/b27-22-. The van der Waals surface area contributed by atoms with E-state index in [1.54, 1.807) is 43.5 Å². The summed E-state index contributed by atoms with van der Waals surface area (Å²) in [5.41, 5.74) is 2.76. The molecule has 0 bridgehead atoms. The SMILES string of the molecule is COc1ccc(N2C(=O)C(Cc3ccccc3Cl)S/C2=C(/C#N)C(=O)Nc2cccc(C)c2)cc1. The van der Waals surface area contributed by atoms with Crippen LogP contribution in [-0.4, -0.2) is 24.2 Å². The van der Waals surface area contributed by atoms with Gasteiger partial charge in [-0.25, -0.2) is 0 Å². The summed E-state index contributed by atoms with van der Waals surface area (Å²) in [5.74, 6) is -0.180. The molecule has 1 aliphatic heterocycles. The number of benzene rings is 3. The van der Waals surface area contributed by atoms with E-state index >= 15 is 0 Å². The van der Waals surface area contributed by atoms with Gasteiger partial charge in [0.15, 0.2) is 0 Å². The molecule has 3 aromatic carbocycles. The van der Waals surface area contributed by atoms with Gasteiger partial charge in [-0.2, -0.15) is 5.26 Å². The summed E-state index contributed by atoms with van der Waals surface area (Å²) in [7, 11) is 1.56. The molecule has 0 radical (unpaired) electrons. The van der Waals surface area contributed by atoms with E-state index in [9.17, 15) is 14.9 Å². The highest BCUT2D eigenvalue weighted by atomic mass is 35.5. The molecule has 4 rings (SSSR count). The van der Waals surface area contributed by atoms with E-state index in [-0.39, 0.29) is 16.5 Å². The summed E-state index contributed by atoms with van der Waals surface area (Å²) < 4.78 is 5.23. The first-order valence-corrected chi connectivity index (χ1v) is 12.1. The third-order valence-corrected chi connectivity index (χ3v) is 7.11. The molecule has 3 aromatic rings. The fraction of sp³-hybridized carbons (Fsp3) is 0.148. The van der Waals surface area contributed by atoms with Crippen molar-refractivity contribution in [1.29, 1.82) is 5.26 Å². The van der Waals surface area contributed by atoms with Crippen molar-refractivity contribution in [2.45, 2.75) is 18.6 Å². The summed E-state index contributed by atoms with van der Waals surface area (Å²) in [6.45, 7) is 1.91. The van der Waals surface area contributed by atoms with Gasteiger partial charge in [-0.1, -0.05) is 53.7 Å². The van der Waals surface area contributed by atoms with Crippen LogP contribution in [0.4, 0.5) is 11.4 Å². The molecule has 0 aliphatic carbocycles. The predicted octanol–water partition coefficient (Wildman–Crippen LogP) is 5.72. The first-order valence-electron chi connectivity index (χ1n) is 10.8. The third kappa shape index (κ3) is 5.35. The zero-order valence-electron chi connectivity index (χ0n) is 19.1. The van der Waals surface area contributed by atoms with Gasteiger partial charge in [-0.15, -0.1) is 0 Å². The van der Waals surface area contributed by atoms with Crippen LogP contribution in [0.25, 0.3) is 0 Å². The molecule has 1 atom stereocenters. The number of methoxy groups -OCH3 is 1. The van der Waals surface area contributed by atoms with E-state index in [2.05, 4.69) is 5.32 Å². The highest BCUT2D eigenvalue weighted by Gasteiger charge is 2.41. The summed E-state index contributed by atoms with van der Waals surface area (Å²) in [6.07, 6.45) is 0.359. The number of amides is 2. The number of halogens is 1. The van der Waals surface area contributed by atoms with Crippen molar-refractivity contribution in [2.75, 3.05) is 17.3 Å². The molecular weight excluding hydrogens is 482 g/mol. The van der Waals surface area contributed by atoms with Crippen molar-refractivity contribution in [3.05, 3.63) is 99.5 Å². The number of carbonyl (C=O) groups is 2. The summed E-state index contributed by atoms with van der Waals surface area (Å²) in [5, 5.41) is 13.1. The molecule has 176 valence electrons. The Kier molecular flexibility index (Phi) is 7.45. The average Bonchev–Trinajstić information content (AvgIpc) is 3.16. The van der Waals surface area contributed by atoms with E-state index in [0.29, 0.717) is 28.6 Å². The van der Waals surface area contributed by atoms with Gasteiger partial charge < -0.3 is 10.1 Å². The Balaban J connectivity index is 1.74. The number of nitrogens with zero attached hydrogens (tertiary/aromatic N) is 2. The van der Waals surface area contributed by atoms with Gasteiger partial charge in [-0.05, 0) is 66.9 Å². The Hall–Kier alpha value is -3.73. The number of thioether (sulfide) groups is 1. The Morgan fingerprint density at radius 3 is 2.54 bits per heavy atom. The average molecular weight is 504 g/mol. The highest BCUT2D eigenvalue weighted by molar-refractivity contribution is 8.05. The maximum Gasteiger partial charge on any atom is 0.269 e. The number of carbonyl (C=O) groups excluding carboxylic acids is 2. The second-order valence-corrected chi connectivity index (χ2v) is 9.49. The number of nitriles is 1. The van der Waals surface area contributed by atoms with Crippen LogP contribution in [0.5, 0.6) is 5.75 Å². The molecule has 1 unspecified atom stereocenters. The van der Waals surface area contributed by atoms with Gasteiger partial charge >= 0.3 is 0 Å². The van der Waals surface area contributed by atoms with Crippen LogP contribution in [-0.2, 0) is 16.0 Å². The van der Waals surface area contributed by atoms with E-state index in [4.69, 9.17) is 16.3 Å². The lowest BCUT2D eigenvalue weighted by Crippen LogP contribution is -2.31. The van der Waals surface area contributed by atoms with Crippen molar-refractivity contribution in [3.8, 4) is 11.8 Å². The topological polar surface area (TPSA) is 82.4 Å². The first-order chi connectivity index (χ1) is 16.9. The molecule has 8 heteroatoms. The van der Waals surface area contributed by atoms with Crippen LogP contribution in [0.3, 0.4) is 0 Å². The number of ether oxygens (including phenoxy) is 1. The lowest BCUT2D eigenvalue weighted by atomic mass is 10.1. The maximum absolute atomic E-state index is 13.6. The number of nitrogens with one attached hydrogen (secondary N) is 1. The lowest BCUT2D eigenvalue weighted by molar-refractivity contribution is -0.117. The minimum atomic E-state index is -0.578. The maximum atomic E-state index is 13.6. The Morgan fingerprint density at radius 1 is 1.14 bits per heavy atom. The van der Waals surface area contributed by atoms with Crippen LogP contribution < -0.4 is 15.0 Å². The molecule has 6 nitrogen and oxygen atoms in total. The molecular formula is C27H22ClN3O3S. The fourth-order valence-electron chi connectivity index (χ4n) is 3.73. The minimum absolute atomic E-state index is 0.137. The monoisotopic (exact) mass is 503 g/mol. The van der Waals surface area contributed by atoms with Crippen LogP contribution >= 0.6 is 23.4 Å².